The van der Waals surface area contributed by atoms with E-state index >= 15 is 0 Å². The molecule has 0 spiro atoms. The highest BCUT2D eigenvalue weighted by Gasteiger charge is 2.09. The molecule has 118 valence electrons. The van der Waals surface area contributed by atoms with Gasteiger partial charge in [0.2, 0.25) is 0 Å². The molecule has 0 aliphatic rings. The van der Waals surface area contributed by atoms with E-state index in [4.69, 9.17) is 0 Å². The standard InChI is InChI=1S/C21H19N3/c1-24(2)18-10-6-9-16(11-18)17-12-19-20(14-23-21(19)22-13-17)15-7-4-3-5-8-15/h3-14H,1-2H3,(H,22,23). The highest BCUT2D eigenvalue weighted by molar-refractivity contribution is 5.95. The average Bonchev–Trinajstić information content (AvgIpc) is 3.05. The maximum absolute atomic E-state index is 4.61. The molecule has 3 nitrogen and oxygen atoms in total. The molecule has 0 saturated heterocycles. The van der Waals surface area contributed by atoms with Crippen LogP contribution >= 0.6 is 0 Å². The molecule has 1 N–H and O–H groups in total. The van der Waals surface area contributed by atoms with E-state index in [2.05, 4.69) is 83.6 Å². The zero-order valence-corrected chi connectivity index (χ0v) is 13.8. The number of aromatic amines is 1. The van der Waals surface area contributed by atoms with E-state index in [0.717, 1.165) is 16.6 Å². The first-order chi connectivity index (χ1) is 11.7. The molecule has 4 rings (SSSR count). The summed E-state index contributed by atoms with van der Waals surface area (Å²) in [5.74, 6) is 0. The molecule has 0 radical (unpaired) electrons. The van der Waals surface area contributed by atoms with Crippen molar-refractivity contribution < 1.29 is 0 Å². The largest absolute Gasteiger partial charge is 0.378 e. The minimum absolute atomic E-state index is 0.918. The minimum atomic E-state index is 0.918. The van der Waals surface area contributed by atoms with E-state index in [1.165, 1.54) is 22.4 Å². The third-order valence-electron chi connectivity index (χ3n) is 4.31. The van der Waals surface area contributed by atoms with Crippen molar-refractivity contribution in [3.05, 3.63) is 73.1 Å². The van der Waals surface area contributed by atoms with Crippen LogP contribution < -0.4 is 4.90 Å². The average molecular weight is 313 g/mol. The van der Waals surface area contributed by atoms with E-state index in [0.29, 0.717) is 0 Å². The van der Waals surface area contributed by atoms with Crippen LogP contribution in [0.2, 0.25) is 0 Å². The lowest BCUT2D eigenvalue weighted by Gasteiger charge is -2.13. The number of rotatable bonds is 3. The molecule has 4 aromatic rings. The summed E-state index contributed by atoms with van der Waals surface area (Å²) in [4.78, 5) is 10.00. The Morgan fingerprint density at radius 2 is 1.62 bits per heavy atom. The maximum atomic E-state index is 4.61. The van der Waals surface area contributed by atoms with Crippen LogP contribution in [0.5, 0.6) is 0 Å². The number of nitrogens with zero attached hydrogens (tertiary/aromatic N) is 2. The van der Waals surface area contributed by atoms with Crippen molar-refractivity contribution in [1.29, 1.82) is 0 Å². The Bertz CT molecular complexity index is 984. The van der Waals surface area contributed by atoms with E-state index in [1.807, 2.05) is 18.5 Å². The van der Waals surface area contributed by atoms with Crippen LogP contribution in [0, 0.1) is 0 Å². The van der Waals surface area contributed by atoms with Gasteiger partial charge in [0.25, 0.3) is 0 Å². The van der Waals surface area contributed by atoms with Gasteiger partial charge in [0.05, 0.1) is 0 Å². The Labute approximate surface area is 141 Å². The van der Waals surface area contributed by atoms with Gasteiger partial charge in [0, 0.05) is 48.7 Å². The molecular weight excluding hydrogens is 294 g/mol. The Balaban J connectivity index is 1.85. The fourth-order valence-electron chi connectivity index (χ4n) is 2.98. The number of pyridine rings is 1. The number of hydrogen-bond acceptors (Lipinski definition) is 2. The molecule has 2 heterocycles. The van der Waals surface area contributed by atoms with Crippen molar-refractivity contribution in [3.8, 4) is 22.3 Å². The third kappa shape index (κ3) is 2.54. The van der Waals surface area contributed by atoms with Crippen LogP contribution in [0.15, 0.2) is 73.1 Å². The topological polar surface area (TPSA) is 31.9 Å². The summed E-state index contributed by atoms with van der Waals surface area (Å²) < 4.78 is 0. The number of hydrogen-bond donors (Lipinski definition) is 1. The van der Waals surface area contributed by atoms with Crippen molar-refractivity contribution in [2.75, 3.05) is 19.0 Å². The van der Waals surface area contributed by atoms with Gasteiger partial charge in [-0.25, -0.2) is 4.98 Å². The second-order valence-electron chi connectivity index (χ2n) is 6.13. The third-order valence-corrected chi connectivity index (χ3v) is 4.31. The van der Waals surface area contributed by atoms with Gasteiger partial charge in [-0.15, -0.1) is 0 Å². The highest BCUT2D eigenvalue weighted by atomic mass is 15.1. The summed E-state index contributed by atoms with van der Waals surface area (Å²) in [5.41, 5.74) is 6.79. The Morgan fingerprint density at radius 3 is 2.42 bits per heavy atom. The van der Waals surface area contributed by atoms with Crippen LogP contribution in [0.25, 0.3) is 33.3 Å². The Hall–Kier alpha value is -3.07. The lowest BCUT2D eigenvalue weighted by Crippen LogP contribution is -2.08. The number of H-pyrrole nitrogens is 1. The van der Waals surface area contributed by atoms with E-state index in [9.17, 15) is 0 Å². The van der Waals surface area contributed by atoms with Gasteiger partial charge in [0.1, 0.15) is 5.65 Å². The zero-order chi connectivity index (χ0) is 16.5. The molecule has 3 heteroatoms. The molecule has 0 bridgehead atoms. The van der Waals surface area contributed by atoms with Gasteiger partial charge in [-0.2, -0.15) is 0 Å². The van der Waals surface area contributed by atoms with Gasteiger partial charge in [0.15, 0.2) is 0 Å². The fraction of sp³-hybridized carbons (Fsp3) is 0.0952. The van der Waals surface area contributed by atoms with E-state index in [-0.39, 0.29) is 0 Å². The summed E-state index contributed by atoms with van der Waals surface area (Å²) in [6.45, 7) is 0. The first-order valence-electron chi connectivity index (χ1n) is 8.03. The van der Waals surface area contributed by atoms with Gasteiger partial charge < -0.3 is 9.88 Å². The minimum Gasteiger partial charge on any atom is -0.378 e. The second-order valence-corrected chi connectivity index (χ2v) is 6.13. The lowest BCUT2D eigenvalue weighted by molar-refractivity contribution is 1.13. The summed E-state index contributed by atoms with van der Waals surface area (Å²) in [6, 6.07) is 21.2. The monoisotopic (exact) mass is 313 g/mol. The summed E-state index contributed by atoms with van der Waals surface area (Å²) in [6.07, 6.45) is 3.97. The molecule has 24 heavy (non-hydrogen) atoms. The number of nitrogens with one attached hydrogen (secondary N) is 1. The summed E-state index contributed by atoms with van der Waals surface area (Å²) >= 11 is 0. The first kappa shape index (κ1) is 14.5. The summed E-state index contributed by atoms with van der Waals surface area (Å²) in [5, 5.41) is 1.15. The number of aromatic nitrogens is 2. The second kappa shape index (κ2) is 5.85. The van der Waals surface area contributed by atoms with Crippen LogP contribution in [-0.4, -0.2) is 24.1 Å². The molecule has 2 aromatic heterocycles. The molecule has 0 aliphatic carbocycles. The number of fused-ring (bicyclic) bond motifs is 1. The van der Waals surface area contributed by atoms with E-state index in [1.54, 1.807) is 0 Å². The molecular formula is C21H19N3. The number of anilines is 1. The van der Waals surface area contributed by atoms with Crippen LogP contribution in [0.1, 0.15) is 0 Å². The van der Waals surface area contributed by atoms with Gasteiger partial charge >= 0.3 is 0 Å². The molecule has 0 aliphatic heterocycles. The molecule has 0 amide bonds. The Kier molecular flexibility index (Phi) is 3.54. The van der Waals surface area contributed by atoms with Gasteiger partial charge in [-0.05, 0) is 29.3 Å². The van der Waals surface area contributed by atoms with Crippen LogP contribution in [0.3, 0.4) is 0 Å². The molecule has 0 atom stereocenters. The molecule has 0 fully saturated rings. The van der Waals surface area contributed by atoms with Crippen molar-refractivity contribution in [3.63, 3.8) is 0 Å². The molecule has 2 aromatic carbocycles. The van der Waals surface area contributed by atoms with Gasteiger partial charge in [-0.3, -0.25) is 0 Å². The van der Waals surface area contributed by atoms with Crippen molar-refractivity contribution in [1.82, 2.24) is 9.97 Å². The predicted octanol–water partition coefficient (Wildman–Crippen LogP) is 4.96. The number of benzene rings is 2. The normalized spacial score (nSPS) is 10.9. The smallest absolute Gasteiger partial charge is 0.137 e. The zero-order valence-electron chi connectivity index (χ0n) is 13.8. The lowest BCUT2D eigenvalue weighted by atomic mass is 10.0. The van der Waals surface area contributed by atoms with Crippen molar-refractivity contribution in [2.45, 2.75) is 0 Å². The highest BCUT2D eigenvalue weighted by Crippen LogP contribution is 2.31. The predicted molar refractivity (Wildman–Crippen MR) is 101 cm³/mol. The fourth-order valence-corrected chi connectivity index (χ4v) is 2.98. The van der Waals surface area contributed by atoms with Crippen LogP contribution in [0.4, 0.5) is 5.69 Å². The van der Waals surface area contributed by atoms with Crippen molar-refractivity contribution >= 4 is 16.7 Å². The molecule has 0 saturated carbocycles. The van der Waals surface area contributed by atoms with Crippen molar-refractivity contribution in [2.24, 2.45) is 0 Å². The maximum Gasteiger partial charge on any atom is 0.137 e. The van der Waals surface area contributed by atoms with Crippen LogP contribution in [-0.2, 0) is 0 Å². The SMILES string of the molecule is CN(C)c1cccc(-c2cnc3[nH]cc(-c4ccccc4)c3c2)c1. The first-order valence-corrected chi connectivity index (χ1v) is 8.03. The van der Waals surface area contributed by atoms with Gasteiger partial charge in [-0.1, -0.05) is 42.5 Å². The summed E-state index contributed by atoms with van der Waals surface area (Å²) in [7, 11) is 4.11. The Morgan fingerprint density at radius 1 is 0.833 bits per heavy atom. The molecule has 0 unspecified atom stereocenters. The quantitative estimate of drug-likeness (QED) is 0.579. The van der Waals surface area contributed by atoms with E-state index < -0.39 is 0 Å².